The van der Waals surface area contributed by atoms with Crippen molar-refractivity contribution in [1.82, 2.24) is 10.3 Å². The van der Waals surface area contributed by atoms with Crippen molar-refractivity contribution in [2.45, 2.75) is 31.8 Å². The zero-order chi connectivity index (χ0) is 23.8. The molecule has 7 heteroatoms. The van der Waals surface area contributed by atoms with Gasteiger partial charge in [-0.1, -0.05) is 55.2 Å². The topological polar surface area (TPSA) is 41.3 Å². The Morgan fingerprint density at radius 3 is 2.47 bits per heavy atom. The van der Waals surface area contributed by atoms with E-state index < -0.39 is 0 Å². The Morgan fingerprint density at radius 2 is 1.79 bits per heavy atom. The minimum absolute atomic E-state index is 0.182. The van der Waals surface area contributed by atoms with E-state index in [-0.39, 0.29) is 12.1 Å². The summed E-state index contributed by atoms with van der Waals surface area (Å²) < 4.78 is 6.39. The van der Waals surface area contributed by atoms with Crippen LogP contribution in [0.1, 0.15) is 48.9 Å². The largest absolute Gasteiger partial charge is 0.459 e. The first-order valence-corrected chi connectivity index (χ1v) is 12.2. The Balaban J connectivity index is 1.58. The predicted molar refractivity (Wildman–Crippen MR) is 143 cm³/mol. The van der Waals surface area contributed by atoms with E-state index in [1.165, 1.54) is 5.56 Å². The first-order chi connectivity index (χ1) is 16.4. The number of hydrogen-bond acceptors (Lipinski definition) is 3. The predicted octanol–water partition coefficient (Wildman–Crippen LogP) is 7.95. The molecule has 1 saturated heterocycles. The monoisotopic (exact) mass is 507 g/mol. The number of benzene rings is 2. The molecule has 2 unspecified atom stereocenters. The number of pyridine rings is 1. The fraction of sp³-hybridized carbons (Fsp3) is 0.185. The normalized spacial score (nSPS) is 17.9. The van der Waals surface area contributed by atoms with Crippen LogP contribution in [0.15, 0.2) is 83.4 Å². The van der Waals surface area contributed by atoms with Gasteiger partial charge in [0.25, 0.3) is 0 Å². The molecule has 2 atom stereocenters. The molecule has 1 aliphatic heterocycles. The van der Waals surface area contributed by atoms with Gasteiger partial charge in [-0.15, -0.1) is 0 Å². The van der Waals surface area contributed by atoms with Crippen LogP contribution in [0.2, 0.25) is 10.0 Å². The van der Waals surface area contributed by atoms with Gasteiger partial charge in [-0.25, -0.2) is 0 Å². The van der Waals surface area contributed by atoms with E-state index in [9.17, 15) is 0 Å². The lowest BCUT2D eigenvalue weighted by molar-refractivity contribution is 0.439. The van der Waals surface area contributed by atoms with E-state index in [1.807, 2.05) is 36.4 Å². The van der Waals surface area contributed by atoms with Crippen molar-refractivity contribution in [2.75, 3.05) is 4.90 Å². The van der Waals surface area contributed by atoms with Gasteiger partial charge in [0.2, 0.25) is 0 Å². The van der Waals surface area contributed by atoms with Crippen LogP contribution in [0.4, 0.5) is 5.69 Å². The van der Waals surface area contributed by atoms with Gasteiger partial charge in [-0.3, -0.25) is 4.98 Å². The standard InChI is InChI=1S/C27H23Cl2N3OS/c1-16(2)17-6-9-19(10-7-17)32-26(25(31-27(32)34)22-5-3-4-14-30-22)24-13-12-23(33-24)20-11-8-18(28)15-21(20)29/h3-16,25-26H,1-2H3,(H,31,34). The number of halogens is 2. The van der Waals surface area contributed by atoms with E-state index in [4.69, 9.17) is 39.8 Å². The molecule has 4 aromatic rings. The molecule has 0 radical (unpaired) electrons. The van der Waals surface area contributed by atoms with Gasteiger partial charge in [-0.2, -0.15) is 0 Å². The number of nitrogens with zero attached hydrogens (tertiary/aromatic N) is 2. The molecular formula is C27H23Cl2N3OS. The summed E-state index contributed by atoms with van der Waals surface area (Å²) in [6.07, 6.45) is 1.79. The zero-order valence-corrected chi connectivity index (χ0v) is 21.0. The summed E-state index contributed by atoms with van der Waals surface area (Å²) in [7, 11) is 0. The summed E-state index contributed by atoms with van der Waals surface area (Å²) >= 11 is 18.3. The third kappa shape index (κ3) is 4.31. The number of thiocarbonyl (C=S) groups is 1. The van der Waals surface area contributed by atoms with Crippen LogP contribution >= 0.6 is 35.4 Å². The molecular weight excluding hydrogens is 485 g/mol. The highest BCUT2D eigenvalue weighted by molar-refractivity contribution is 7.80. The van der Waals surface area contributed by atoms with Crippen LogP contribution < -0.4 is 10.2 Å². The fourth-order valence-electron chi connectivity index (χ4n) is 4.29. The van der Waals surface area contributed by atoms with E-state index in [0.29, 0.717) is 26.8 Å². The minimum Gasteiger partial charge on any atom is -0.459 e. The van der Waals surface area contributed by atoms with E-state index in [2.05, 4.69) is 53.3 Å². The zero-order valence-electron chi connectivity index (χ0n) is 18.7. The van der Waals surface area contributed by atoms with E-state index in [0.717, 1.165) is 22.7 Å². The molecule has 1 N–H and O–H groups in total. The van der Waals surface area contributed by atoms with Crippen molar-refractivity contribution >= 4 is 46.2 Å². The van der Waals surface area contributed by atoms with Crippen LogP contribution in [-0.4, -0.2) is 10.1 Å². The quantitative estimate of drug-likeness (QED) is 0.277. The number of nitrogens with one attached hydrogen (secondary N) is 1. The summed E-state index contributed by atoms with van der Waals surface area (Å²) in [6.45, 7) is 4.37. The first kappa shape index (κ1) is 22.9. The molecule has 2 aromatic carbocycles. The maximum absolute atomic E-state index is 6.45. The Bertz CT molecular complexity index is 1320. The van der Waals surface area contributed by atoms with Gasteiger partial charge < -0.3 is 14.6 Å². The van der Waals surface area contributed by atoms with Crippen LogP contribution in [0, 0.1) is 0 Å². The van der Waals surface area contributed by atoms with E-state index in [1.54, 1.807) is 18.3 Å². The van der Waals surface area contributed by atoms with Gasteiger partial charge in [0.15, 0.2) is 5.11 Å². The summed E-state index contributed by atoms with van der Waals surface area (Å²) in [5.74, 6) is 1.88. The fourth-order valence-corrected chi connectivity index (χ4v) is 5.14. The van der Waals surface area contributed by atoms with Crippen molar-refractivity contribution in [2.24, 2.45) is 0 Å². The smallest absolute Gasteiger partial charge is 0.174 e. The lowest BCUT2D eigenvalue weighted by Crippen LogP contribution is -2.29. The molecule has 1 aliphatic rings. The lowest BCUT2D eigenvalue weighted by Gasteiger charge is -2.26. The van der Waals surface area contributed by atoms with E-state index >= 15 is 0 Å². The van der Waals surface area contributed by atoms with Gasteiger partial charge in [0.1, 0.15) is 17.6 Å². The molecule has 172 valence electrons. The second-order valence-corrected chi connectivity index (χ2v) is 9.80. The summed E-state index contributed by atoms with van der Waals surface area (Å²) in [5, 5.41) is 5.21. The van der Waals surface area contributed by atoms with Gasteiger partial charge in [-0.05, 0) is 78.3 Å². The minimum atomic E-state index is -0.230. The molecule has 0 spiro atoms. The molecule has 0 amide bonds. The average Bonchev–Trinajstić information content (AvgIpc) is 3.44. The number of anilines is 1. The third-order valence-electron chi connectivity index (χ3n) is 6.05. The first-order valence-electron chi connectivity index (χ1n) is 11.1. The second kappa shape index (κ2) is 9.41. The summed E-state index contributed by atoms with van der Waals surface area (Å²) in [6, 6.07) is 23.3. The van der Waals surface area contributed by atoms with Gasteiger partial charge in [0, 0.05) is 22.5 Å². The number of furan rings is 1. The molecule has 3 heterocycles. The van der Waals surface area contributed by atoms with Crippen LogP contribution in [0.3, 0.4) is 0 Å². The highest BCUT2D eigenvalue weighted by atomic mass is 35.5. The van der Waals surface area contributed by atoms with Crippen molar-refractivity contribution < 1.29 is 4.42 Å². The molecule has 4 nitrogen and oxygen atoms in total. The second-order valence-electron chi connectivity index (χ2n) is 8.57. The van der Waals surface area contributed by atoms with Crippen LogP contribution in [0.5, 0.6) is 0 Å². The Kier molecular flexibility index (Phi) is 6.34. The third-order valence-corrected chi connectivity index (χ3v) is 6.91. The summed E-state index contributed by atoms with van der Waals surface area (Å²) in [5.41, 5.74) is 3.94. The average molecular weight is 508 g/mol. The van der Waals surface area contributed by atoms with Crippen molar-refractivity contribution in [1.29, 1.82) is 0 Å². The summed E-state index contributed by atoms with van der Waals surface area (Å²) in [4.78, 5) is 6.70. The lowest BCUT2D eigenvalue weighted by atomic mass is 10.0. The van der Waals surface area contributed by atoms with Crippen LogP contribution in [0.25, 0.3) is 11.3 Å². The maximum atomic E-state index is 6.45. The van der Waals surface area contributed by atoms with Crippen molar-refractivity contribution in [3.8, 4) is 11.3 Å². The number of hydrogen-bond donors (Lipinski definition) is 1. The Labute approximate surface area is 214 Å². The van der Waals surface area contributed by atoms with Gasteiger partial charge >= 0.3 is 0 Å². The van der Waals surface area contributed by atoms with Crippen molar-refractivity contribution in [3.05, 3.63) is 106 Å². The molecule has 34 heavy (non-hydrogen) atoms. The molecule has 0 bridgehead atoms. The van der Waals surface area contributed by atoms with Crippen LogP contribution in [-0.2, 0) is 0 Å². The SMILES string of the molecule is CC(C)c1ccc(N2C(=S)NC(c3ccccn3)C2c2ccc(-c3ccc(Cl)cc3Cl)o2)cc1. The molecule has 5 rings (SSSR count). The number of aromatic nitrogens is 1. The number of rotatable bonds is 5. The Morgan fingerprint density at radius 1 is 1.00 bits per heavy atom. The van der Waals surface area contributed by atoms with Gasteiger partial charge in [0.05, 0.1) is 16.8 Å². The highest BCUT2D eigenvalue weighted by Crippen LogP contribution is 2.43. The van der Waals surface area contributed by atoms with Crippen molar-refractivity contribution in [3.63, 3.8) is 0 Å². The Hall–Kier alpha value is -2.86. The maximum Gasteiger partial charge on any atom is 0.174 e. The molecule has 1 fully saturated rings. The molecule has 0 saturated carbocycles. The highest BCUT2D eigenvalue weighted by Gasteiger charge is 2.42. The molecule has 0 aliphatic carbocycles. The molecule has 2 aromatic heterocycles.